The first-order chi connectivity index (χ1) is 12.8. The van der Waals surface area contributed by atoms with Crippen LogP contribution in [0.3, 0.4) is 0 Å². The van der Waals surface area contributed by atoms with Crippen molar-refractivity contribution in [3.05, 3.63) is 89.5 Å². The molecule has 1 heterocycles. The van der Waals surface area contributed by atoms with Crippen molar-refractivity contribution >= 4 is 0 Å². The van der Waals surface area contributed by atoms with Crippen LogP contribution in [0.2, 0.25) is 0 Å². The van der Waals surface area contributed by atoms with Crippen LogP contribution in [0.25, 0.3) is 0 Å². The largest absolute Gasteiger partial charge is 0.497 e. The summed E-state index contributed by atoms with van der Waals surface area (Å²) in [6, 6.07) is 24.8. The first-order valence-electron chi connectivity index (χ1n) is 8.82. The summed E-state index contributed by atoms with van der Waals surface area (Å²) in [6.07, 6.45) is 0.917. The molecule has 3 nitrogen and oxygen atoms in total. The molecule has 0 amide bonds. The van der Waals surface area contributed by atoms with Crippen LogP contribution in [0, 0.1) is 0 Å². The van der Waals surface area contributed by atoms with Crippen molar-refractivity contribution in [2.75, 3.05) is 14.2 Å². The van der Waals surface area contributed by atoms with Crippen molar-refractivity contribution in [1.82, 2.24) is 0 Å². The van der Waals surface area contributed by atoms with Crippen molar-refractivity contribution < 1.29 is 14.2 Å². The smallest absolute Gasteiger partial charge is 0.125 e. The third-order valence-corrected chi connectivity index (χ3v) is 5.00. The number of methoxy groups -OCH3 is 2. The normalized spacial score (nSPS) is 18.5. The van der Waals surface area contributed by atoms with Crippen molar-refractivity contribution in [3.63, 3.8) is 0 Å². The fraction of sp³-hybridized carbons (Fsp3) is 0.217. The Morgan fingerprint density at radius 2 is 1.46 bits per heavy atom. The first-order valence-corrected chi connectivity index (χ1v) is 8.82. The molecule has 0 saturated carbocycles. The Morgan fingerprint density at radius 3 is 2.15 bits per heavy atom. The molecule has 3 aromatic carbocycles. The van der Waals surface area contributed by atoms with Crippen LogP contribution in [0.4, 0.5) is 0 Å². The number of benzene rings is 3. The molecule has 4 rings (SSSR count). The van der Waals surface area contributed by atoms with Gasteiger partial charge in [-0.15, -0.1) is 0 Å². The van der Waals surface area contributed by atoms with Gasteiger partial charge in [-0.3, -0.25) is 0 Å². The summed E-state index contributed by atoms with van der Waals surface area (Å²) >= 11 is 0. The summed E-state index contributed by atoms with van der Waals surface area (Å²) in [5, 5.41) is 0. The van der Waals surface area contributed by atoms with Gasteiger partial charge < -0.3 is 14.2 Å². The molecule has 0 spiro atoms. The molecule has 0 unspecified atom stereocenters. The fourth-order valence-electron chi connectivity index (χ4n) is 3.60. The molecular weight excluding hydrogens is 324 g/mol. The molecule has 0 bridgehead atoms. The third kappa shape index (κ3) is 3.13. The van der Waals surface area contributed by atoms with Gasteiger partial charge in [-0.2, -0.15) is 0 Å². The van der Waals surface area contributed by atoms with E-state index in [-0.39, 0.29) is 12.0 Å². The maximum atomic E-state index is 6.33. The predicted octanol–water partition coefficient (Wildman–Crippen LogP) is 5.36. The predicted molar refractivity (Wildman–Crippen MR) is 102 cm³/mol. The van der Waals surface area contributed by atoms with Gasteiger partial charge in [0.1, 0.15) is 23.4 Å². The van der Waals surface area contributed by atoms with Gasteiger partial charge in [-0.05, 0) is 47.9 Å². The molecule has 0 aliphatic carbocycles. The van der Waals surface area contributed by atoms with E-state index < -0.39 is 0 Å². The lowest BCUT2D eigenvalue weighted by Crippen LogP contribution is -2.20. The Labute approximate surface area is 154 Å². The minimum Gasteiger partial charge on any atom is -0.497 e. The molecule has 3 heteroatoms. The Hall–Kier alpha value is -2.94. The van der Waals surface area contributed by atoms with E-state index in [9.17, 15) is 0 Å². The van der Waals surface area contributed by atoms with E-state index in [2.05, 4.69) is 42.5 Å². The summed E-state index contributed by atoms with van der Waals surface area (Å²) in [7, 11) is 3.38. The Morgan fingerprint density at radius 1 is 0.769 bits per heavy atom. The Bertz CT molecular complexity index is 872. The molecule has 0 fully saturated rings. The standard InChI is InChI=1S/C23H22O3/c1-24-18-10-8-16(9-11-18)20-15-23(17-6-4-3-5-7-17)26-22-13-12-19(25-2)14-21(20)22/h3-14,20,23H,15H2,1-2H3/t20-,23+/m1/s1. The summed E-state index contributed by atoms with van der Waals surface area (Å²) < 4.78 is 17.1. The molecule has 2 atom stereocenters. The average Bonchev–Trinajstić information content (AvgIpc) is 2.73. The summed E-state index contributed by atoms with van der Waals surface area (Å²) in [5.74, 6) is 2.88. The van der Waals surface area contributed by atoms with Crippen LogP contribution < -0.4 is 14.2 Å². The SMILES string of the molecule is COc1ccc([C@H]2C[C@@H](c3ccccc3)Oc3ccc(OC)cc32)cc1. The summed E-state index contributed by atoms with van der Waals surface area (Å²) in [6.45, 7) is 0. The maximum Gasteiger partial charge on any atom is 0.125 e. The second-order valence-corrected chi connectivity index (χ2v) is 6.48. The Kier molecular flexibility index (Phi) is 4.53. The van der Waals surface area contributed by atoms with Gasteiger partial charge in [0, 0.05) is 11.5 Å². The van der Waals surface area contributed by atoms with Gasteiger partial charge in [0.25, 0.3) is 0 Å². The molecule has 0 radical (unpaired) electrons. The number of rotatable bonds is 4. The minimum atomic E-state index is 0.0317. The number of fused-ring (bicyclic) bond motifs is 1. The van der Waals surface area contributed by atoms with Crippen molar-refractivity contribution in [1.29, 1.82) is 0 Å². The molecule has 0 N–H and O–H groups in total. The van der Waals surface area contributed by atoms with Gasteiger partial charge in [-0.1, -0.05) is 42.5 Å². The zero-order chi connectivity index (χ0) is 17.9. The second-order valence-electron chi connectivity index (χ2n) is 6.48. The van der Waals surface area contributed by atoms with Crippen molar-refractivity contribution in [3.8, 4) is 17.2 Å². The second kappa shape index (κ2) is 7.12. The first kappa shape index (κ1) is 16.5. The van der Waals surface area contributed by atoms with E-state index in [0.29, 0.717) is 0 Å². The Balaban J connectivity index is 1.76. The maximum absolute atomic E-state index is 6.33. The zero-order valence-corrected chi connectivity index (χ0v) is 15.0. The van der Waals surface area contributed by atoms with E-state index in [1.165, 1.54) is 16.7 Å². The fourth-order valence-corrected chi connectivity index (χ4v) is 3.60. The van der Waals surface area contributed by atoms with E-state index >= 15 is 0 Å². The van der Waals surface area contributed by atoms with Crippen molar-refractivity contribution in [2.24, 2.45) is 0 Å². The van der Waals surface area contributed by atoms with Crippen LogP contribution in [-0.4, -0.2) is 14.2 Å². The number of hydrogen-bond acceptors (Lipinski definition) is 3. The van der Waals surface area contributed by atoms with E-state index in [1.807, 2.05) is 30.3 Å². The minimum absolute atomic E-state index is 0.0317. The molecule has 132 valence electrons. The molecule has 3 aromatic rings. The quantitative estimate of drug-likeness (QED) is 0.636. The van der Waals surface area contributed by atoms with Gasteiger partial charge in [-0.25, -0.2) is 0 Å². The van der Waals surface area contributed by atoms with Crippen LogP contribution in [0.5, 0.6) is 17.2 Å². The highest BCUT2D eigenvalue weighted by Crippen LogP contribution is 2.46. The highest BCUT2D eigenvalue weighted by Gasteiger charge is 2.30. The average molecular weight is 346 g/mol. The lowest BCUT2D eigenvalue weighted by molar-refractivity contribution is 0.167. The van der Waals surface area contributed by atoms with Crippen LogP contribution in [0.15, 0.2) is 72.8 Å². The zero-order valence-electron chi connectivity index (χ0n) is 15.0. The molecule has 0 saturated heterocycles. The van der Waals surface area contributed by atoms with Gasteiger partial charge in [0.15, 0.2) is 0 Å². The summed E-state index contributed by atoms with van der Waals surface area (Å²) in [5.41, 5.74) is 3.62. The van der Waals surface area contributed by atoms with E-state index in [1.54, 1.807) is 14.2 Å². The molecular formula is C23H22O3. The molecule has 1 aliphatic rings. The number of ether oxygens (including phenoxy) is 3. The molecule has 0 aromatic heterocycles. The van der Waals surface area contributed by atoms with E-state index in [4.69, 9.17) is 14.2 Å². The van der Waals surface area contributed by atoms with Gasteiger partial charge in [0.2, 0.25) is 0 Å². The van der Waals surface area contributed by atoms with Crippen LogP contribution in [-0.2, 0) is 0 Å². The van der Waals surface area contributed by atoms with Gasteiger partial charge >= 0.3 is 0 Å². The van der Waals surface area contributed by atoms with Crippen molar-refractivity contribution in [2.45, 2.75) is 18.4 Å². The monoisotopic (exact) mass is 346 g/mol. The highest BCUT2D eigenvalue weighted by molar-refractivity contribution is 5.49. The van der Waals surface area contributed by atoms with Crippen LogP contribution >= 0.6 is 0 Å². The number of hydrogen-bond donors (Lipinski definition) is 0. The lowest BCUT2D eigenvalue weighted by atomic mass is 9.82. The van der Waals surface area contributed by atoms with Crippen LogP contribution in [0.1, 0.15) is 35.1 Å². The third-order valence-electron chi connectivity index (χ3n) is 5.00. The lowest BCUT2D eigenvalue weighted by Gasteiger charge is -2.33. The topological polar surface area (TPSA) is 27.7 Å². The van der Waals surface area contributed by atoms with Gasteiger partial charge in [0.05, 0.1) is 14.2 Å². The highest BCUT2D eigenvalue weighted by atomic mass is 16.5. The summed E-state index contributed by atoms with van der Waals surface area (Å²) in [4.78, 5) is 0. The molecule has 1 aliphatic heterocycles. The van der Waals surface area contributed by atoms with E-state index in [0.717, 1.165) is 23.7 Å². The molecule has 26 heavy (non-hydrogen) atoms.